The highest BCUT2D eigenvalue weighted by atomic mass is 16.5. The molecule has 3 heteroatoms. The summed E-state index contributed by atoms with van der Waals surface area (Å²) in [5, 5.41) is 9.46. The molecule has 1 N–H and O–H groups in total. The smallest absolute Gasteiger partial charge is 0.119 e. The molecule has 0 saturated carbocycles. The van der Waals surface area contributed by atoms with Crippen molar-refractivity contribution in [2.24, 2.45) is 0 Å². The Morgan fingerprint density at radius 2 is 1.38 bits per heavy atom. The largest absolute Gasteiger partial charge is 0.508 e. The molecule has 1 aliphatic heterocycles. The van der Waals surface area contributed by atoms with Gasteiger partial charge in [-0.05, 0) is 73.2 Å². The normalized spacial score (nSPS) is 17.6. The zero-order chi connectivity index (χ0) is 18.4. The number of benzene rings is 2. The summed E-state index contributed by atoms with van der Waals surface area (Å²) in [6.07, 6.45) is 4.02. The summed E-state index contributed by atoms with van der Waals surface area (Å²) in [7, 11) is 0. The van der Waals surface area contributed by atoms with Gasteiger partial charge in [0, 0.05) is 6.54 Å². The van der Waals surface area contributed by atoms with E-state index in [-0.39, 0.29) is 0 Å². The summed E-state index contributed by atoms with van der Waals surface area (Å²) in [6, 6.07) is 16.1. The first-order valence-electron chi connectivity index (χ1n) is 9.87. The number of piperidine rings is 1. The van der Waals surface area contributed by atoms with Crippen molar-refractivity contribution in [2.45, 2.75) is 44.9 Å². The van der Waals surface area contributed by atoms with Crippen molar-refractivity contribution in [1.82, 2.24) is 4.90 Å². The van der Waals surface area contributed by atoms with Crippen molar-refractivity contribution >= 4 is 0 Å². The van der Waals surface area contributed by atoms with E-state index in [1.807, 2.05) is 12.1 Å². The number of rotatable bonds is 7. The van der Waals surface area contributed by atoms with E-state index in [1.54, 1.807) is 12.1 Å². The molecule has 26 heavy (non-hydrogen) atoms. The van der Waals surface area contributed by atoms with Crippen molar-refractivity contribution in [2.75, 3.05) is 26.2 Å². The van der Waals surface area contributed by atoms with Crippen LogP contribution >= 0.6 is 0 Å². The number of likely N-dealkylation sites (tertiary alicyclic amines) is 1. The van der Waals surface area contributed by atoms with E-state index in [4.69, 9.17) is 4.74 Å². The summed E-state index contributed by atoms with van der Waals surface area (Å²) < 4.78 is 5.93. The lowest BCUT2D eigenvalue weighted by Crippen LogP contribution is -2.33. The molecule has 2 aromatic carbocycles. The van der Waals surface area contributed by atoms with E-state index in [9.17, 15) is 5.11 Å². The average molecular weight is 354 g/mol. The van der Waals surface area contributed by atoms with Crippen LogP contribution in [-0.4, -0.2) is 36.2 Å². The third-order valence-electron chi connectivity index (χ3n) is 5.70. The Labute approximate surface area is 157 Å². The fourth-order valence-electron chi connectivity index (χ4n) is 3.70. The van der Waals surface area contributed by atoms with E-state index < -0.39 is 0 Å². The monoisotopic (exact) mass is 353 g/mol. The molecule has 140 valence electrons. The first-order valence-corrected chi connectivity index (χ1v) is 9.87. The van der Waals surface area contributed by atoms with Crippen molar-refractivity contribution in [3.63, 3.8) is 0 Å². The van der Waals surface area contributed by atoms with Crippen molar-refractivity contribution in [3.8, 4) is 11.5 Å². The molecular weight excluding hydrogens is 322 g/mol. The van der Waals surface area contributed by atoms with Crippen LogP contribution in [0.5, 0.6) is 11.5 Å². The van der Waals surface area contributed by atoms with E-state index in [1.165, 1.54) is 43.5 Å². The molecule has 2 aromatic rings. The van der Waals surface area contributed by atoms with Crippen LogP contribution in [0.2, 0.25) is 0 Å². The van der Waals surface area contributed by atoms with Gasteiger partial charge in [-0.15, -0.1) is 0 Å². The van der Waals surface area contributed by atoms with Gasteiger partial charge in [-0.3, -0.25) is 4.90 Å². The van der Waals surface area contributed by atoms with Crippen LogP contribution in [0.25, 0.3) is 0 Å². The molecule has 1 aliphatic rings. The van der Waals surface area contributed by atoms with Gasteiger partial charge >= 0.3 is 0 Å². The fraction of sp³-hybridized carbons (Fsp3) is 0.478. The molecule has 0 aliphatic carbocycles. The highest BCUT2D eigenvalue weighted by Gasteiger charge is 2.16. The summed E-state index contributed by atoms with van der Waals surface area (Å²) in [6.45, 7) is 8.71. The summed E-state index contributed by atoms with van der Waals surface area (Å²) >= 11 is 0. The number of aromatic hydroxyl groups is 1. The molecule has 0 aromatic heterocycles. The Kier molecular flexibility index (Phi) is 6.56. The van der Waals surface area contributed by atoms with Crippen molar-refractivity contribution < 1.29 is 9.84 Å². The predicted molar refractivity (Wildman–Crippen MR) is 107 cm³/mol. The van der Waals surface area contributed by atoms with E-state index in [0.717, 1.165) is 18.9 Å². The lowest BCUT2D eigenvalue weighted by Gasteiger charge is -2.26. The highest BCUT2D eigenvalue weighted by molar-refractivity contribution is 5.34. The maximum Gasteiger partial charge on any atom is 0.119 e. The molecule has 1 fully saturated rings. The van der Waals surface area contributed by atoms with E-state index >= 15 is 0 Å². The Balaban J connectivity index is 1.52. The van der Waals surface area contributed by atoms with Crippen LogP contribution in [0.3, 0.4) is 0 Å². The number of phenols is 1. The average Bonchev–Trinajstić information content (AvgIpc) is 2.69. The van der Waals surface area contributed by atoms with Gasteiger partial charge in [-0.1, -0.05) is 44.5 Å². The molecular formula is C23H31NO2. The molecule has 0 amide bonds. The van der Waals surface area contributed by atoms with Crippen LogP contribution in [0.4, 0.5) is 0 Å². The Morgan fingerprint density at radius 1 is 0.846 bits per heavy atom. The van der Waals surface area contributed by atoms with E-state index in [2.05, 4.69) is 43.0 Å². The Hall–Kier alpha value is -2.00. The zero-order valence-corrected chi connectivity index (χ0v) is 16.0. The van der Waals surface area contributed by atoms with Crippen LogP contribution < -0.4 is 4.74 Å². The number of phenolic OH excluding ortho intramolecular Hbond substituents is 1. The van der Waals surface area contributed by atoms with Gasteiger partial charge in [0.05, 0.1) is 0 Å². The molecule has 3 nitrogen and oxygen atoms in total. The number of hydrogen-bond acceptors (Lipinski definition) is 3. The topological polar surface area (TPSA) is 32.7 Å². The first kappa shape index (κ1) is 18.8. The number of hydrogen-bond donors (Lipinski definition) is 1. The van der Waals surface area contributed by atoms with Gasteiger partial charge in [0.15, 0.2) is 0 Å². The number of nitrogens with zero attached hydrogens (tertiary/aromatic N) is 1. The van der Waals surface area contributed by atoms with Crippen molar-refractivity contribution in [3.05, 3.63) is 59.7 Å². The molecule has 2 atom stereocenters. The fourth-order valence-corrected chi connectivity index (χ4v) is 3.70. The van der Waals surface area contributed by atoms with Crippen LogP contribution in [0.1, 0.15) is 56.1 Å². The van der Waals surface area contributed by atoms with Gasteiger partial charge in [0.1, 0.15) is 18.1 Å². The van der Waals surface area contributed by atoms with Gasteiger partial charge in [-0.25, -0.2) is 0 Å². The van der Waals surface area contributed by atoms with Gasteiger partial charge in [-0.2, -0.15) is 0 Å². The minimum Gasteiger partial charge on any atom is -0.508 e. The molecule has 1 saturated heterocycles. The second kappa shape index (κ2) is 9.09. The van der Waals surface area contributed by atoms with Gasteiger partial charge < -0.3 is 9.84 Å². The van der Waals surface area contributed by atoms with E-state index in [0.29, 0.717) is 17.6 Å². The first-order chi connectivity index (χ1) is 12.6. The minimum absolute atomic E-state index is 0.319. The standard InChI is InChI=1S/C23H31NO2/c1-18(20-6-10-22(25)11-7-20)19(2)21-8-12-23(13-9-21)26-17-16-24-14-4-3-5-15-24/h6-13,18-19,25H,3-5,14-17H2,1-2H3. The Bertz CT molecular complexity index is 660. The molecule has 0 radical (unpaired) electrons. The molecule has 0 spiro atoms. The lowest BCUT2D eigenvalue weighted by molar-refractivity contribution is 0.183. The highest BCUT2D eigenvalue weighted by Crippen LogP contribution is 2.33. The van der Waals surface area contributed by atoms with Crippen LogP contribution in [0.15, 0.2) is 48.5 Å². The molecule has 0 bridgehead atoms. The lowest BCUT2D eigenvalue weighted by atomic mass is 9.84. The van der Waals surface area contributed by atoms with Crippen LogP contribution in [0, 0.1) is 0 Å². The third-order valence-corrected chi connectivity index (χ3v) is 5.70. The molecule has 3 rings (SSSR count). The van der Waals surface area contributed by atoms with Crippen molar-refractivity contribution in [1.29, 1.82) is 0 Å². The second-order valence-corrected chi connectivity index (χ2v) is 7.49. The summed E-state index contributed by atoms with van der Waals surface area (Å²) in [4.78, 5) is 2.50. The molecule has 1 heterocycles. The molecule has 2 unspecified atom stereocenters. The quantitative estimate of drug-likeness (QED) is 0.746. The zero-order valence-electron chi connectivity index (χ0n) is 16.0. The summed E-state index contributed by atoms with van der Waals surface area (Å²) in [5.74, 6) is 2.07. The minimum atomic E-state index is 0.319. The van der Waals surface area contributed by atoms with Gasteiger partial charge in [0.25, 0.3) is 0 Å². The number of ether oxygens (including phenoxy) is 1. The second-order valence-electron chi connectivity index (χ2n) is 7.49. The summed E-state index contributed by atoms with van der Waals surface area (Å²) in [5.41, 5.74) is 2.56. The van der Waals surface area contributed by atoms with Gasteiger partial charge in [0.2, 0.25) is 0 Å². The predicted octanol–water partition coefficient (Wildman–Crippen LogP) is 5.16. The maximum absolute atomic E-state index is 9.46. The maximum atomic E-state index is 9.46. The van der Waals surface area contributed by atoms with Crippen LogP contribution in [-0.2, 0) is 0 Å². The third kappa shape index (κ3) is 5.01. The Morgan fingerprint density at radius 3 is 1.96 bits per heavy atom. The SMILES string of the molecule is CC(c1ccc(O)cc1)C(C)c1ccc(OCCN2CCCCC2)cc1.